The number of carbonyl (C=O) groups excluding carboxylic acids is 1. The monoisotopic (exact) mass is 396 g/mol. The number of thioether (sulfide) groups is 1. The number of hydrogen-bond donors (Lipinski definition) is 0. The summed E-state index contributed by atoms with van der Waals surface area (Å²) in [5.74, 6) is 0.0670. The van der Waals surface area contributed by atoms with Crippen LogP contribution in [0.1, 0.15) is 56.1 Å². The molecule has 2 unspecified atom stereocenters. The predicted octanol–water partition coefficient (Wildman–Crippen LogP) is 4.18. The first-order valence-electron chi connectivity index (χ1n) is 9.78. The number of aromatic nitrogens is 1. The second-order valence-corrected chi connectivity index (χ2v) is 7.84. The minimum atomic E-state index is -0.406. The highest BCUT2D eigenvalue weighted by molar-refractivity contribution is 7.98. The number of ether oxygens (including phenoxy) is 1. The Morgan fingerprint density at radius 3 is 2.89 bits per heavy atom. The van der Waals surface area contributed by atoms with Gasteiger partial charge in [-0.1, -0.05) is 38.1 Å². The van der Waals surface area contributed by atoms with Crippen molar-refractivity contribution in [3.8, 4) is 0 Å². The third-order valence-electron chi connectivity index (χ3n) is 5.09. The molecule has 1 aromatic heterocycles. The maximum Gasteiger partial charge on any atom is 0.192 e. The van der Waals surface area contributed by atoms with E-state index in [1.807, 2.05) is 60.5 Å². The molecule has 0 spiro atoms. The van der Waals surface area contributed by atoms with E-state index in [4.69, 9.17) is 4.74 Å². The molecule has 2 heterocycles. The molecule has 0 bridgehead atoms. The van der Waals surface area contributed by atoms with Gasteiger partial charge in [0, 0.05) is 39.1 Å². The first kappa shape index (κ1) is 20.6. The molecule has 148 valence electrons. The summed E-state index contributed by atoms with van der Waals surface area (Å²) in [6.45, 7) is 8.37. The Morgan fingerprint density at radius 1 is 1.36 bits per heavy atom. The highest BCUT2D eigenvalue weighted by Gasteiger charge is 2.33. The molecule has 4 nitrogen and oxygen atoms in total. The molecule has 1 fully saturated rings. The number of hydrogen-bond acceptors (Lipinski definition) is 4. The van der Waals surface area contributed by atoms with Crippen molar-refractivity contribution < 1.29 is 9.53 Å². The third kappa shape index (κ3) is 4.31. The SMILES string of the molecule is C=c1/c(=C(/C)N=CCCC)ccn1C1CCC(C(=O)c2ccccc2SC)O1. The molecule has 2 aromatic rings. The molecule has 1 saturated heterocycles. The molecule has 1 aliphatic rings. The van der Waals surface area contributed by atoms with Gasteiger partial charge in [-0.25, -0.2) is 0 Å². The van der Waals surface area contributed by atoms with Crippen molar-refractivity contribution in [2.24, 2.45) is 4.99 Å². The summed E-state index contributed by atoms with van der Waals surface area (Å²) in [6, 6.07) is 9.76. The van der Waals surface area contributed by atoms with Gasteiger partial charge < -0.3 is 9.30 Å². The molecular formula is C23H28N2O2S. The second-order valence-electron chi connectivity index (χ2n) is 6.99. The predicted molar refractivity (Wildman–Crippen MR) is 117 cm³/mol. The van der Waals surface area contributed by atoms with Gasteiger partial charge in [0.2, 0.25) is 0 Å². The Kier molecular flexibility index (Phi) is 6.92. The van der Waals surface area contributed by atoms with Crippen LogP contribution >= 0.6 is 11.8 Å². The first-order valence-corrected chi connectivity index (χ1v) is 11.0. The van der Waals surface area contributed by atoms with E-state index in [9.17, 15) is 4.79 Å². The van der Waals surface area contributed by atoms with Gasteiger partial charge in [0.25, 0.3) is 0 Å². The van der Waals surface area contributed by atoms with Crippen molar-refractivity contribution in [1.29, 1.82) is 0 Å². The van der Waals surface area contributed by atoms with Gasteiger partial charge in [0.1, 0.15) is 12.3 Å². The van der Waals surface area contributed by atoms with Crippen LogP contribution in [0.25, 0.3) is 12.3 Å². The number of unbranched alkanes of at least 4 members (excludes halogenated alkanes) is 1. The van der Waals surface area contributed by atoms with Gasteiger partial charge in [-0.2, -0.15) is 0 Å². The summed E-state index contributed by atoms with van der Waals surface area (Å²) >= 11 is 1.59. The Balaban J connectivity index is 1.79. The van der Waals surface area contributed by atoms with Crippen LogP contribution < -0.4 is 10.6 Å². The van der Waals surface area contributed by atoms with Gasteiger partial charge in [-0.3, -0.25) is 9.79 Å². The lowest BCUT2D eigenvalue weighted by Gasteiger charge is -2.16. The summed E-state index contributed by atoms with van der Waals surface area (Å²) in [5.41, 5.74) is 1.70. The normalized spacial score (nSPS) is 20.7. The van der Waals surface area contributed by atoms with Crippen molar-refractivity contribution in [3.63, 3.8) is 0 Å². The second kappa shape index (κ2) is 9.39. The van der Waals surface area contributed by atoms with Crippen LogP contribution in [0.5, 0.6) is 0 Å². The van der Waals surface area contributed by atoms with E-state index >= 15 is 0 Å². The standard InChI is InChI=1S/C23H28N2O2S/c1-5-6-14-24-16(2)18-13-15-25(17(18)3)22-12-11-20(27-22)23(26)19-9-7-8-10-21(19)28-4/h7-10,13-15,20,22H,3,5-6,11-12H2,1-2,4H3/b18-16-,24-14?. The quantitative estimate of drug-likeness (QED) is 0.401. The molecule has 0 aliphatic carbocycles. The average molecular weight is 397 g/mol. The van der Waals surface area contributed by atoms with E-state index in [0.717, 1.165) is 52.4 Å². The van der Waals surface area contributed by atoms with E-state index in [0.29, 0.717) is 0 Å². The van der Waals surface area contributed by atoms with Crippen molar-refractivity contribution in [2.45, 2.75) is 56.8 Å². The van der Waals surface area contributed by atoms with Gasteiger partial charge in [-0.05, 0) is 44.6 Å². The largest absolute Gasteiger partial charge is 0.347 e. The van der Waals surface area contributed by atoms with E-state index in [-0.39, 0.29) is 12.0 Å². The lowest BCUT2D eigenvalue weighted by atomic mass is 10.0. The van der Waals surface area contributed by atoms with E-state index < -0.39 is 6.10 Å². The lowest BCUT2D eigenvalue weighted by Crippen LogP contribution is -2.31. The maximum absolute atomic E-state index is 13.0. The average Bonchev–Trinajstić information content (AvgIpc) is 3.34. The van der Waals surface area contributed by atoms with Crippen LogP contribution in [0, 0.1) is 0 Å². The van der Waals surface area contributed by atoms with Gasteiger partial charge >= 0.3 is 0 Å². The van der Waals surface area contributed by atoms with Crippen LogP contribution in [0.15, 0.2) is 46.4 Å². The number of ketones is 1. The highest BCUT2D eigenvalue weighted by atomic mass is 32.2. The number of benzene rings is 1. The van der Waals surface area contributed by atoms with Gasteiger partial charge in [0.05, 0.1) is 0 Å². The minimum absolute atomic E-state index is 0.0670. The molecule has 1 aliphatic heterocycles. The van der Waals surface area contributed by atoms with Crippen LogP contribution in [0.4, 0.5) is 0 Å². The van der Waals surface area contributed by atoms with Crippen LogP contribution in [-0.4, -0.2) is 28.9 Å². The number of rotatable bonds is 7. The van der Waals surface area contributed by atoms with Crippen molar-refractivity contribution >= 4 is 36.0 Å². The minimum Gasteiger partial charge on any atom is -0.347 e. The molecule has 3 rings (SSSR count). The van der Waals surface area contributed by atoms with E-state index in [2.05, 4.69) is 18.5 Å². The van der Waals surface area contributed by atoms with Gasteiger partial charge in [-0.15, -0.1) is 11.8 Å². The van der Waals surface area contributed by atoms with Gasteiger partial charge in [0.15, 0.2) is 5.78 Å². The van der Waals surface area contributed by atoms with Crippen LogP contribution in [-0.2, 0) is 4.74 Å². The summed E-state index contributed by atoms with van der Waals surface area (Å²) in [4.78, 5) is 18.5. The number of carbonyl (C=O) groups is 1. The summed E-state index contributed by atoms with van der Waals surface area (Å²) in [6.07, 6.45) is 8.93. The molecule has 0 amide bonds. The molecule has 5 heteroatoms. The molecule has 0 saturated carbocycles. The van der Waals surface area contributed by atoms with E-state index in [1.54, 1.807) is 11.8 Å². The lowest BCUT2D eigenvalue weighted by molar-refractivity contribution is 0.00601. The zero-order chi connectivity index (χ0) is 20.1. The van der Waals surface area contributed by atoms with Crippen molar-refractivity contribution in [1.82, 2.24) is 4.57 Å². The number of nitrogens with zero attached hydrogens (tertiary/aromatic N) is 2. The Labute approximate surface area is 171 Å². The summed E-state index contributed by atoms with van der Waals surface area (Å²) < 4.78 is 8.18. The Hall–Kier alpha value is -2.11. The molecule has 1 aromatic carbocycles. The van der Waals surface area contributed by atoms with Crippen molar-refractivity contribution in [3.05, 3.63) is 52.7 Å². The number of aliphatic imine (C=N–C) groups is 1. The molecule has 0 radical (unpaired) electrons. The van der Waals surface area contributed by atoms with Crippen LogP contribution in [0.3, 0.4) is 0 Å². The van der Waals surface area contributed by atoms with Crippen LogP contribution in [0.2, 0.25) is 0 Å². The van der Waals surface area contributed by atoms with E-state index in [1.165, 1.54) is 0 Å². The summed E-state index contributed by atoms with van der Waals surface area (Å²) in [7, 11) is 0. The van der Waals surface area contributed by atoms with Crippen molar-refractivity contribution in [2.75, 3.05) is 6.26 Å². The molecular weight excluding hydrogens is 368 g/mol. The fourth-order valence-corrected chi connectivity index (χ4v) is 4.12. The molecule has 28 heavy (non-hydrogen) atoms. The summed E-state index contributed by atoms with van der Waals surface area (Å²) in [5, 5.41) is 1.91. The maximum atomic E-state index is 13.0. The third-order valence-corrected chi connectivity index (χ3v) is 5.88. The Morgan fingerprint density at radius 2 is 2.14 bits per heavy atom. The number of Topliss-reactive ketones (excluding diaryl/α,β-unsaturated/α-hetero) is 1. The highest BCUT2D eigenvalue weighted by Crippen LogP contribution is 2.31. The molecule has 2 atom stereocenters. The first-order chi connectivity index (χ1) is 13.6. The Bertz CT molecular complexity index is 977. The zero-order valence-electron chi connectivity index (χ0n) is 16.9. The fraction of sp³-hybridized carbons (Fsp3) is 0.391. The fourth-order valence-electron chi connectivity index (χ4n) is 3.52. The zero-order valence-corrected chi connectivity index (χ0v) is 17.7. The topological polar surface area (TPSA) is 43.6 Å². The molecule has 0 N–H and O–H groups in total. The smallest absolute Gasteiger partial charge is 0.192 e.